The van der Waals surface area contributed by atoms with E-state index in [1.54, 1.807) is 7.05 Å². The van der Waals surface area contributed by atoms with E-state index >= 15 is 0 Å². The molecule has 0 bridgehead atoms. The molecule has 0 radical (unpaired) electrons. The lowest BCUT2D eigenvalue weighted by Crippen LogP contribution is -2.37. The first-order valence-corrected chi connectivity index (χ1v) is 8.55. The van der Waals surface area contributed by atoms with Crippen LogP contribution >= 0.6 is 0 Å². The maximum atomic E-state index is 5.58. The molecule has 0 saturated heterocycles. The van der Waals surface area contributed by atoms with Crippen LogP contribution in [-0.4, -0.2) is 37.7 Å². The number of nitrogens with one attached hydrogen (secondary N) is 2. The average molecular weight is 328 g/mol. The molecule has 2 N–H and O–H groups in total. The van der Waals surface area contributed by atoms with E-state index in [0.717, 1.165) is 37.7 Å². The van der Waals surface area contributed by atoms with Crippen LogP contribution in [0.4, 0.5) is 0 Å². The zero-order chi connectivity index (χ0) is 17.2. The molecular formula is C19H28N4O. The van der Waals surface area contributed by atoms with E-state index in [9.17, 15) is 0 Å². The first kappa shape index (κ1) is 18.2. The van der Waals surface area contributed by atoms with Crippen LogP contribution in [0.25, 0.3) is 10.9 Å². The maximum absolute atomic E-state index is 5.58. The highest BCUT2D eigenvalue weighted by atomic mass is 16.5. The summed E-state index contributed by atoms with van der Waals surface area (Å²) in [5, 5.41) is 7.85. The van der Waals surface area contributed by atoms with Gasteiger partial charge in [-0.1, -0.05) is 32.0 Å². The van der Waals surface area contributed by atoms with Gasteiger partial charge in [0.1, 0.15) is 0 Å². The van der Waals surface area contributed by atoms with Gasteiger partial charge in [-0.3, -0.25) is 9.98 Å². The Morgan fingerprint density at radius 2 is 2.04 bits per heavy atom. The second kappa shape index (κ2) is 9.88. The number of ether oxygens (including phenoxy) is 1. The molecule has 1 aromatic carbocycles. The Morgan fingerprint density at radius 1 is 1.21 bits per heavy atom. The second-order valence-corrected chi connectivity index (χ2v) is 6.16. The molecular weight excluding hydrogens is 300 g/mol. The number of aromatic nitrogens is 1. The largest absolute Gasteiger partial charge is 0.381 e. The number of para-hydroxylation sites is 1. The van der Waals surface area contributed by atoms with E-state index < -0.39 is 0 Å². The molecule has 130 valence electrons. The molecule has 1 heterocycles. The van der Waals surface area contributed by atoms with Gasteiger partial charge in [0.15, 0.2) is 5.96 Å². The molecule has 0 saturated carbocycles. The lowest BCUT2D eigenvalue weighted by molar-refractivity contribution is 0.108. The molecule has 0 unspecified atom stereocenters. The minimum atomic E-state index is 0.586. The molecule has 24 heavy (non-hydrogen) atoms. The predicted molar refractivity (Wildman–Crippen MR) is 100 cm³/mol. The highest BCUT2D eigenvalue weighted by Gasteiger charge is 2.03. The number of hydrogen-bond donors (Lipinski definition) is 2. The van der Waals surface area contributed by atoms with Crippen molar-refractivity contribution in [2.24, 2.45) is 10.9 Å². The Bertz CT molecular complexity index is 649. The lowest BCUT2D eigenvalue weighted by Gasteiger charge is -2.13. The molecule has 0 aliphatic rings. The van der Waals surface area contributed by atoms with Crippen molar-refractivity contribution in [3.63, 3.8) is 0 Å². The van der Waals surface area contributed by atoms with Gasteiger partial charge in [-0.05, 0) is 30.0 Å². The first-order chi connectivity index (χ1) is 11.7. The van der Waals surface area contributed by atoms with E-state index in [-0.39, 0.29) is 0 Å². The standard InChI is InChI=1S/C19H28N4O/c1-15(2)14-24-12-6-10-22-19(20-3)23-13-16-9-11-21-18-8-5-4-7-17(16)18/h4-5,7-9,11,15H,6,10,12-14H2,1-3H3,(H2,20,22,23). The molecule has 2 aromatic rings. The third-order valence-corrected chi connectivity index (χ3v) is 3.62. The van der Waals surface area contributed by atoms with Gasteiger partial charge < -0.3 is 15.4 Å². The van der Waals surface area contributed by atoms with Crippen LogP contribution in [0.5, 0.6) is 0 Å². The number of nitrogens with zero attached hydrogens (tertiary/aromatic N) is 2. The van der Waals surface area contributed by atoms with Crippen molar-refractivity contribution >= 4 is 16.9 Å². The molecule has 5 nitrogen and oxygen atoms in total. The normalized spacial score (nSPS) is 11.9. The summed E-state index contributed by atoms with van der Waals surface area (Å²) in [5.74, 6) is 1.39. The van der Waals surface area contributed by atoms with Crippen molar-refractivity contribution in [1.29, 1.82) is 0 Å². The lowest BCUT2D eigenvalue weighted by atomic mass is 10.1. The third-order valence-electron chi connectivity index (χ3n) is 3.62. The Morgan fingerprint density at radius 3 is 2.83 bits per heavy atom. The number of benzene rings is 1. The fourth-order valence-electron chi connectivity index (χ4n) is 2.41. The van der Waals surface area contributed by atoms with Crippen LogP contribution in [0.1, 0.15) is 25.8 Å². The van der Waals surface area contributed by atoms with Crippen molar-refractivity contribution in [2.75, 3.05) is 26.8 Å². The summed E-state index contributed by atoms with van der Waals surface area (Å²) in [4.78, 5) is 8.66. The average Bonchev–Trinajstić information content (AvgIpc) is 2.60. The number of hydrogen-bond acceptors (Lipinski definition) is 3. The van der Waals surface area contributed by atoms with Gasteiger partial charge in [0.25, 0.3) is 0 Å². The molecule has 1 aromatic heterocycles. The summed E-state index contributed by atoms with van der Waals surface area (Å²) in [7, 11) is 1.79. The van der Waals surface area contributed by atoms with Gasteiger partial charge >= 0.3 is 0 Å². The number of guanidine groups is 1. The molecule has 0 amide bonds. The molecule has 5 heteroatoms. The van der Waals surface area contributed by atoms with Gasteiger partial charge in [-0.25, -0.2) is 0 Å². The number of pyridine rings is 1. The van der Waals surface area contributed by atoms with Crippen molar-refractivity contribution in [1.82, 2.24) is 15.6 Å². The summed E-state index contributed by atoms with van der Waals surface area (Å²) in [6.45, 7) is 7.47. The summed E-state index contributed by atoms with van der Waals surface area (Å²) in [5.41, 5.74) is 2.23. The highest BCUT2D eigenvalue weighted by Crippen LogP contribution is 2.15. The number of fused-ring (bicyclic) bond motifs is 1. The van der Waals surface area contributed by atoms with Gasteiger partial charge in [-0.15, -0.1) is 0 Å². The fourth-order valence-corrected chi connectivity index (χ4v) is 2.41. The van der Waals surface area contributed by atoms with Crippen LogP contribution in [0.15, 0.2) is 41.5 Å². The van der Waals surface area contributed by atoms with Crippen LogP contribution in [0.3, 0.4) is 0 Å². The van der Waals surface area contributed by atoms with Crippen molar-refractivity contribution in [2.45, 2.75) is 26.8 Å². The van der Waals surface area contributed by atoms with Crippen LogP contribution in [0.2, 0.25) is 0 Å². The van der Waals surface area contributed by atoms with E-state index in [2.05, 4.69) is 40.5 Å². The van der Waals surface area contributed by atoms with Crippen LogP contribution in [-0.2, 0) is 11.3 Å². The quantitative estimate of drug-likeness (QED) is 0.444. The van der Waals surface area contributed by atoms with Crippen LogP contribution in [0, 0.1) is 5.92 Å². The number of rotatable bonds is 8. The zero-order valence-corrected chi connectivity index (χ0v) is 14.9. The third kappa shape index (κ3) is 5.81. The molecule has 0 aliphatic heterocycles. The van der Waals surface area contributed by atoms with Crippen molar-refractivity contribution in [3.8, 4) is 0 Å². The highest BCUT2D eigenvalue weighted by molar-refractivity contribution is 5.83. The van der Waals surface area contributed by atoms with Crippen molar-refractivity contribution in [3.05, 3.63) is 42.1 Å². The molecule has 2 rings (SSSR count). The molecule has 0 spiro atoms. The van der Waals surface area contributed by atoms with Gasteiger partial charge in [0.2, 0.25) is 0 Å². The minimum Gasteiger partial charge on any atom is -0.381 e. The predicted octanol–water partition coefficient (Wildman–Crippen LogP) is 2.96. The van der Waals surface area contributed by atoms with E-state index in [1.807, 2.05) is 30.5 Å². The molecule has 0 aliphatic carbocycles. The monoisotopic (exact) mass is 328 g/mol. The van der Waals surface area contributed by atoms with Gasteiger partial charge in [0, 0.05) is 44.9 Å². The maximum Gasteiger partial charge on any atom is 0.191 e. The molecule has 0 atom stereocenters. The minimum absolute atomic E-state index is 0.586. The van der Waals surface area contributed by atoms with Gasteiger partial charge in [-0.2, -0.15) is 0 Å². The molecule has 0 fully saturated rings. The first-order valence-electron chi connectivity index (χ1n) is 8.55. The second-order valence-electron chi connectivity index (χ2n) is 6.16. The Kier molecular flexibility index (Phi) is 7.49. The summed E-state index contributed by atoms with van der Waals surface area (Å²) in [6, 6.07) is 10.2. The topological polar surface area (TPSA) is 58.5 Å². The van der Waals surface area contributed by atoms with Crippen molar-refractivity contribution < 1.29 is 4.74 Å². The SMILES string of the molecule is CN=C(NCCCOCC(C)C)NCc1ccnc2ccccc12. The number of aliphatic imine (C=N–C) groups is 1. The summed E-state index contributed by atoms with van der Waals surface area (Å²) >= 11 is 0. The van der Waals surface area contributed by atoms with Gasteiger partial charge in [0.05, 0.1) is 5.52 Å². The zero-order valence-electron chi connectivity index (χ0n) is 14.9. The van der Waals surface area contributed by atoms with E-state index in [4.69, 9.17) is 4.74 Å². The van der Waals surface area contributed by atoms with E-state index in [0.29, 0.717) is 12.5 Å². The smallest absolute Gasteiger partial charge is 0.191 e. The van der Waals surface area contributed by atoms with Crippen LogP contribution < -0.4 is 10.6 Å². The Labute approximate surface area is 144 Å². The summed E-state index contributed by atoms with van der Waals surface area (Å²) in [6.07, 6.45) is 2.81. The van der Waals surface area contributed by atoms with E-state index in [1.165, 1.54) is 10.9 Å². The Hall–Kier alpha value is -2.14. The summed E-state index contributed by atoms with van der Waals surface area (Å²) < 4.78 is 5.58. The fraction of sp³-hybridized carbons (Fsp3) is 0.474. The Balaban J connectivity index is 1.77.